The van der Waals surface area contributed by atoms with Gasteiger partial charge in [0.25, 0.3) is 0 Å². The van der Waals surface area contributed by atoms with Gasteiger partial charge in [-0.15, -0.1) is 0 Å². The van der Waals surface area contributed by atoms with Gasteiger partial charge in [0.1, 0.15) is 16.6 Å². The Morgan fingerprint density at radius 1 is 1.28 bits per heavy atom. The number of nitrogens with two attached hydrogens (primary N) is 1. The van der Waals surface area contributed by atoms with E-state index in [0.29, 0.717) is 5.57 Å². The number of rotatable bonds is 2. The molecule has 1 saturated heterocycles. The van der Waals surface area contributed by atoms with Crippen LogP contribution in [0.15, 0.2) is 11.3 Å². The molecule has 0 aromatic heterocycles. The Morgan fingerprint density at radius 3 is 2.56 bits per heavy atom. The monoisotopic (exact) mass is 263 g/mol. The van der Waals surface area contributed by atoms with Crippen molar-refractivity contribution in [1.29, 1.82) is 5.26 Å². The molecule has 0 aromatic rings. The summed E-state index contributed by atoms with van der Waals surface area (Å²) in [6.07, 6.45) is 6.73. The molecule has 2 atom stereocenters. The van der Waals surface area contributed by atoms with E-state index in [1.807, 2.05) is 6.92 Å². The number of fused-ring (bicyclic) bond motifs is 1. The highest BCUT2D eigenvalue weighted by Gasteiger charge is 2.31. The van der Waals surface area contributed by atoms with E-state index in [-0.39, 0.29) is 4.99 Å². The quantitative estimate of drug-likeness (QED) is 0.472. The second-order valence-corrected chi connectivity index (χ2v) is 5.92. The molecule has 3 nitrogen and oxygen atoms in total. The Morgan fingerprint density at radius 2 is 1.94 bits per heavy atom. The van der Waals surface area contributed by atoms with Crippen molar-refractivity contribution in [3.05, 3.63) is 11.3 Å². The third kappa shape index (κ3) is 2.67. The molecule has 0 bridgehead atoms. The Balaban J connectivity index is 2.11. The van der Waals surface area contributed by atoms with Crippen LogP contribution in [0.1, 0.15) is 39.0 Å². The second kappa shape index (κ2) is 5.71. The summed E-state index contributed by atoms with van der Waals surface area (Å²) in [4.78, 5) is 2.53. The van der Waals surface area contributed by atoms with Crippen LogP contribution in [0.3, 0.4) is 0 Å². The first-order chi connectivity index (χ1) is 8.63. The fraction of sp³-hybridized carbons (Fsp3) is 0.714. The van der Waals surface area contributed by atoms with Crippen LogP contribution < -0.4 is 5.73 Å². The normalized spacial score (nSPS) is 29.0. The van der Waals surface area contributed by atoms with E-state index in [0.717, 1.165) is 30.6 Å². The van der Waals surface area contributed by atoms with Crippen LogP contribution in [0.4, 0.5) is 0 Å². The molecule has 0 aromatic carbocycles. The van der Waals surface area contributed by atoms with Crippen LogP contribution in [0, 0.1) is 23.2 Å². The molecule has 18 heavy (non-hydrogen) atoms. The summed E-state index contributed by atoms with van der Waals surface area (Å²) >= 11 is 4.95. The summed E-state index contributed by atoms with van der Waals surface area (Å²) in [5, 5.41) is 9.13. The van der Waals surface area contributed by atoms with E-state index in [1.165, 1.54) is 32.1 Å². The van der Waals surface area contributed by atoms with Crippen molar-refractivity contribution in [2.45, 2.75) is 39.0 Å². The topological polar surface area (TPSA) is 53.1 Å². The summed E-state index contributed by atoms with van der Waals surface area (Å²) in [5.41, 5.74) is 7.06. The van der Waals surface area contributed by atoms with Gasteiger partial charge in [0.15, 0.2) is 0 Å². The van der Waals surface area contributed by atoms with E-state index in [4.69, 9.17) is 23.2 Å². The van der Waals surface area contributed by atoms with Crippen LogP contribution >= 0.6 is 12.2 Å². The van der Waals surface area contributed by atoms with E-state index in [9.17, 15) is 0 Å². The maximum atomic E-state index is 9.13. The molecule has 1 heterocycles. The van der Waals surface area contributed by atoms with Gasteiger partial charge in [-0.1, -0.05) is 31.5 Å². The van der Waals surface area contributed by atoms with Gasteiger partial charge in [-0.3, -0.25) is 0 Å². The van der Waals surface area contributed by atoms with Crippen LogP contribution in [0.2, 0.25) is 0 Å². The minimum absolute atomic E-state index is 0.223. The zero-order chi connectivity index (χ0) is 13.1. The highest BCUT2D eigenvalue weighted by molar-refractivity contribution is 7.80. The zero-order valence-corrected chi connectivity index (χ0v) is 11.8. The van der Waals surface area contributed by atoms with Gasteiger partial charge < -0.3 is 10.6 Å². The molecule has 0 amide bonds. The standard InChI is InChI=1S/C14H21N3S/c1-10(13(8-15)14(16)18)17-7-6-11-4-2-3-5-12(11)9-17/h11-12H,2-7,9H2,1H3,(H2,16,18)/t11-,12-/m1/s1. The van der Waals surface area contributed by atoms with Crippen LogP contribution in [-0.4, -0.2) is 23.0 Å². The average molecular weight is 263 g/mol. The van der Waals surface area contributed by atoms with Crippen molar-refractivity contribution in [2.75, 3.05) is 13.1 Å². The molecule has 2 fully saturated rings. The lowest BCUT2D eigenvalue weighted by Crippen LogP contribution is -2.41. The minimum atomic E-state index is 0.223. The fourth-order valence-electron chi connectivity index (χ4n) is 3.38. The molecule has 0 spiro atoms. The molecule has 98 valence electrons. The SMILES string of the molecule is CC(=C(C#N)C(N)=S)N1CC[C@H]2CCCC[C@@H]2C1. The second-order valence-electron chi connectivity index (χ2n) is 5.48. The van der Waals surface area contributed by atoms with Gasteiger partial charge in [-0.2, -0.15) is 5.26 Å². The van der Waals surface area contributed by atoms with Gasteiger partial charge in [0.2, 0.25) is 0 Å². The summed E-state index contributed by atoms with van der Waals surface area (Å²) < 4.78 is 0. The lowest BCUT2D eigenvalue weighted by molar-refractivity contribution is 0.109. The molecular weight excluding hydrogens is 242 g/mol. The van der Waals surface area contributed by atoms with Crippen LogP contribution in [0.5, 0.6) is 0 Å². The number of nitrogens with zero attached hydrogens (tertiary/aromatic N) is 2. The van der Waals surface area contributed by atoms with E-state index in [2.05, 4.69) is 11.0 Å². The van der Waals surface area contributed by atoms with Crippen molar-refractivity contribution in [3.63, 3.8) is 0 Å². The number of allylic oxidation sites excluding steroid dienone is 1. The minimum Gasteiger partial charge on any atom is -0.389 e. The first kappa shape index (κ1) is 13.4. The van der Waals surface area contributed by atoms with Crippen molar-refractivity contribution >= 4 is 17.2 Å². The number of likely N-dealkylation sites (tertiary alicyclic amines) is 1. The maximum absolute atomic E-state index is 9.13. The highest BCUT2D eigenvalue weighted by atomic mass is 32.1. The van der Waals surface area contributed by atoms with Gasteiger partial charge >= 0.3 is 0 Å². The molecule has 1 aliphatic carbocycles. The number of nitriles is 1. The molecule has 0 radical (unpaired) electrons. The third-order valence-corrected chi connectivity index (χ3v) is 4.69. The van der Waals surface area contributed by atoms with E-state index >= 15 is 0 Å². The smallest absolute Gasteiger partial charge is 0.116 e. The van der Waals surface area contributed by atoms with E-state index in [1.54, 1.807) is 0 Å². The van der Waals surface area contributed by atoms with Crippen LogP contribution in [0.25, 0.3) is 0 Å². The molecule has 4 heteroatoms. The molecule has 1 aliphatic heterocycles. The summed E-state index contributed by atoms with van der Waals surface area (Å²) in [6, 6.07) is 2.14. The number of piperidine rings is 1. The van der Waals surface area contributed by atoms with Crippen molar-refractivity contribution in [1.82, 2.24) is 4.90 Å². The number of thiocarbonyl (C=S) groups is 1. The summed E-state index contributed by atoms with van der Waals surface area (Å²) in [5.74, 6) is 1.70. The molecule has 1 saturated carbocycles. The van der Waals surface area contributed by atoms with E-state index < -0.39 is 0 Å². The summed E-state index contributed by atoms with van der Waals surface area (Å²) in [7, 11) is 0. The predicted octanol–water partition coefficient (Wildman–Crippen LogP) is 2.58. The fourth-order valence-corrected chi connectivity index (χ4v) is 3.57. The molecule has 2 N–H and O–H groups in total. The van der Waals surface area contributed by atoms with Crippen LogP contribution in [-0.2, 0) is 0 Å². The maximum Gasteiger partial charge on any atom is 0.116 e. The third-order valence-electron chi connectivity index (χ3n) is 4.49. The molecule has 2 rings (SSSR count). The van der Waals surface area contributed by atoms with Gasteiger partial charge in [-0.05, 0) is 31.6 Å². The van der Waals surface area contributed by atoms with Gasteiger partial charge in [0.05, 0.1) is 0 Å². The van der Waals surface area contributed by atoms with Crippen molar-refractivity contribution in [3.8, 4) is 6.07 Å². The first-order valence-electron chi connectivity index (χ1n) is 6.79. The highest BCUT2D eigenvalue weighted by Crippen LogP contribution is 2.37. The van der Waals surface area contributed by atoms with Crippen molar-refractivity contribution in [2.24, 2.45) is 17.6 Å². The Hall–Kier alpha value is -1.08. The Kier molecular flexibility index (Phi) is 4.23. The lowest BCUT2D eigenvalue weighted by Gasteiger charge is -2.42. The molecular formula is C14H21N3S. The number of hydrogen-bond donors (Lipinski definition) is 1. The van der Waals surface area contributed by atoms with Crippen molar-refractivity contribution < 1.29 is 0 Å². The largest absolute Gasteiger partial charge is 0.389 e. The Labute approximate surface area is 115 Å². The number of hydrogen-bond acceptors (Lipinski definition) is 3. The predicted molar refractivity (Wildman–Crippen MR) is 76.7 cm³/mol. The summed E-state index contributed by atoms with van der Waals surface area (Å²) in [6.45, 7) is 4.09. The average Bonchev–Trinajstić information content (AvgIpc) is 2.38. The molecule has 2 aliphatic rings. The van der Waals surface area contributed by atoms with Gasteiger partial charge in [-0.25, -0.2) is 0 Å². The molecule has 0 unspecified atom stereocenters. The zero-order valence-electron chi connectivity index (χ0n) is 11.0. The van der Waals surface area contributed by atoms with Gasteiger partial charge in [0, 0.05) is 18.8 Å². The Bertz CT molecular complexity index is 408. The lowest BCUT2D eigenvalue weighted by atomic mass is 9.75. The first-order valence-corrected chi connectivity index (χ1v) is 7.20.